The van der Waals surface area contributed by atoms with E-state index in [2.05, 4.69) is 24.1 Å². The number of carbonyl (C=O) groups excluding carboxylic acids is 2. The number of amides is 1. The molecule has 0 spiro atoms. The lowest BCUT2D eigenvalue weighted by atomic mass is 10.0. The maximum atomic E-state index is 12.9. The van der Waals surface area contributed by atoms with E-state index in [1.807, 2.05) is 30.3 Å². The van der Waals surface area contributed by atoms with Crippen LogP contribution in [0.5, 0.6) is 5.75 Å². The molecule has 0 atom stereocenters. The summed E-state index contributed by atoms with van der Waals surface area (Å²) in [6.07, 6.45) is 0.777. The molecule has 0 bridgehead atoms. The van der Waals surface area contributed by atoms with Crippen LogP contribution < -0.4 is 15.0 Å². The number of nitrogens with zero attached hydrogens (tertiary/aromatic N) is 1. The maximum Gasteiger partial charge on any atom is 0.255 e. The van der Waals surface area contributed by atoms with E-state index in [1.165, 1.54) is 0 Å². The molecule has 1 N–H and O–H groups in total. The van der Waals surface area contributed by atoms with Crippen LogP contribution in [0.3, 0.4) is 0 Å². The zero-order chi connectivity index (χ0) is 20.1. The minimum atomic E-state index is -0.190. The van der Waals surface area contributed by atoms with Gasteiger partial charge in [0.1, 0.15) is 12.0 Å². The van der Waals surface area contributed by atoms with Crippen LogP contribution in [0.2, 0.25) is 0 Å². The Labute approximate surface area is 164 Å². The normalized spacial score (nSPS) is 10.5. The van der Waals surface area contributed by atoms with Gasteiger partial charge in [-0.25, -0.2) is 0 Å². The molecule has 0 saturated carbocycles. The summed E-state index contributed by atoms with van der Waals surface area (Å²) in [7, 11) is 1.65. The van der Waals surface area contributed by atoms with E-state index in [0.717, 1.165) is 41.6 Å². The smallest absolute Gasteiger partial charge is 0.255 e. The second kappa shape index (κ2) is 8.57. The number of anilines is 2. The molecular weight excluding hydrogens is 352 g/mol. The highest BCUT2D eigenvalue weighted by atomic mass is 16.5. The van der Waals surface area contributed by atoms with Gasteiger partial charge in [0.2, 0.25) is 0 Å². The Balaban J connectivity index is 2.02. The van der Waals surface area contributed by atoms with Crippen LogP contribution in [0.4, 0.5) is 11.4 Å². The molecule has 0 heterocycles. The molecule has 5 nitrogen and oxygen atoms in total. The molecular formula is C23H24N2O3. The first kappa shape index (κ1) is 19.4. The average Bonchev–Trinajstić information content (AvgIpc) is 2.74. The largest absolute Gasteiger partial charge is 0.497 e. The first-order chi connectivity index (χ1) is 13.6. The summed E-state index contributed by atoms with van der Waals surface area (Å²) < 4.78 is 5.38. The third-order valence-electron chi connectivity index (χ3n) is 4.81. The summed E-state index contributed by atoms with van der Waals surface area (Å²) in [5.74, 6) is 0.596. The minimum Gasteiger partial charge on any atom is -0.497 e. The molecule has 1 amide bonds. The highest BCUT2D eigenvalue weighted by Crippen LogP contribution is 2.32. The quantitative estimate of drug-likeness (QED) is 0.604. The maximum absolute atomic E-state index is 12.9. The molecule has 0 aromatic heterocycles. The highest BCUT2D eigenvalue weighted by molar-refractivity contribution is 6.09. The molecule has 0 unspecified atom stereocenters. The summed E-state index contributed by atoms with van der Waals surface area (Å²) >= 11 is 0. The summed E-state index contributed by atoms with van der Waals surface area (Å²) in [6, 6.07) is 16.5. The lowest BCUT2D eigenvalue weighted by Gasteiger charge is -2.24. The average molecular weight is 376 g/mol. The van der Waals surface area contributed by atoms with Crippen molar-refractivity contribution < 1.29 is 14.3 Å². The highest BCUT2D eigenvalue weighted by Gasteiger charge is 2.14. The minimum absolute atomic E-state index is 0.190. The van der Waals surface area contributed by atoms with Gasteiger partial charge in [-0.2, -0.15) is 0 Å². The van der Waals surface area contributed by atoms with Crippen molar-refractivity contribution in [2.45, 2.75) is 13.8 Å². The molecule has 144 valence electrons. The van der Waals surface area contributed by atoms with E-state index in [0.29, 0.717) is 16.8 Å². The predicted molar refractivity (Wildman–Crippen MR) is 114 cm³/mol. The molecule has 0 fully saturated rings. The number of ether oxygens (including phenoxy) is 1. The van der Waals surface area contributed by atoms with Crippen molar-refractivity contribution in [1.82, 2.24) is 0 Å². The summed E-state index contributed by atoms with van der Waals surface area (Å²) in [4.78, 5) is 25.9. The number of aldehydes is 1. The summed E-state index contributed by atoms with van der Waals surface area (Å²) in [5, 5.41) is 4.93. The van der Waals surface area contributed by atoms with E-state index in [9.17, 15) is 9.59 Å². The van der Waals surface area contributed by atoms with Gasteiger partial charge < -0.3 is 15.0 Å². The molecule has 3 rings (SSSR count). The van der Waals surface area contributed by atoms with Crippen LogP contribution in [0.15, 0.2) is 54.6 Å². The zero-order valence-corrected chi connectivity index (χ0v) is 16.4. The molecule has 28 heavy (non-hydrogen) atoms. The molecule has 0 saturated heterocycles. The van der Waals surface area contributed by atoms with Gasteiger partial charge in [0.05, 0.1) is 7.11 Å². The summed E-state index contributed by atoms with van der Waals surface area (Å²) in [5.41, 5.74) is 2.80. The number of nitrogens with one attached hydrogen (secondary N) is 1. The number of methoxy groups -OCH3 is 1. The lowest BCUT2D eigenvalue weighted by Crippen LogP contribution is -2.23. The fourth-order valence-electron chi connectivity index (χ4n) is 3.25. The van der Waals surface area contributed by atoms with Gasteiger partial charge >= 0.3 is 0 Å². The second-order valence-corrected chi connectivity index (χ2v) is 6.45. The van der Waals surface area contributed by atoms with Gasteiger partial charge in [0, 0.05) is 41.0 Å². The molecule has 0 aliphatic carbocycles. The SMILES string of the molecule is CCN(CC)c1cc(C(=O)Nc2ccc(C=O)cc2)cc2ccc(OC)cc12. The second-order valence-electron chi connectivity index (χ2n) is 6.45. The van der Waals surface area contributed by atoms with E-state index in [-0.39, 0.29) is 5.91 Å². The Morgan fingerprint density at radius 1 is 1.04 bits per heavy atom. The standard InChI is InChI=1S/C23H24N2O3/c1-4-25(5-2)22-13-18(12-17-8-11-20(28-3)14-21(17)22)23(27)24-19-9-6-16(15-26)7-10-19/h6-15H,4-5H2,1-3H3,(H,24,27). The third-order valence-corrected chi connectivity index (χ3v) is 4.81. The Hall–Kier alpha value is -3.34. The van der Waals surface area contributed by atoms with E-state index < -0.39 is 0 Å². The lowest BCUT2D eigenvalue weighted by molar-refractivity contribution is 0.102. The Kier molecular flexibility index (Phi) is 5.94. The van der Waals surface area contributed by atoms with E-state index in [1.54, 1.807) is 31.4 Å². The number of carbonyl (C=O) groups is 2. The van der Waals surface area contributed by atoms with Crippen molar-refractivity contribution >= 4 is 34.3 Å². The molecule has 5 heteroatoms. The van der Waals surface area contributed by atoms with Crippen LogP contribution in [-0.4, -0.2) is 32.4 Å². The summed E-state index contributed by atoms with van der Waals surface area (Å²) in [6.45, 7) is 5.86. The number of hydrogen-bond donors (Lipinski definition) is 1. The van der Waals surface area contributed by atoms with Gasteiger partial charge in [-0.1, -0.05) is 6.07 Å². The van der Waals surface area contributed by atoms with Crippen LogP contribution in [0.1, 0.15) is 34.6 Å². The van der Waals surface area contributed by atoms with Gasteiger partial charge in [-0.3, -0.25) is 9.59 Å². The van der Waals surface area contributed by atoms with Crippen LogP contribution in [0, 0.1) is 0 Å². The zero-order valence-electron chi connectivity index (χ0n) is 16.4. The number of benzene rings is 3. The van der Waals surface area contributed by atoms with Gasteiger partial charge in [0.15, 0.2) is 0 Å². The molecule has 3 aromatic rings. The molecule has 0 aliphatic heterocycles. The molecule has 0 aliphatic rings. The van der Waals surface area contributed by atoms with Crippen LogP contribution in [-0.2, 0) is 0 Å². The van der Waals surface area contributed by atoms with Gasteiger partial charge in [0.25, 0.3) is 5.91 Å². The van der Waals surface area contributed by atoms with Crippen molar-refractivity contribution in [3.05, 3.63) is 65.7 Å². The van der Waals surface area contributed by atoms with Crippen LogP contribution >= 0.6 is 0 Å². The number of fused-ring (bicyclic) bond motifs is 1. The van der Waals surface area contributed by atoms with Crippen LogP contribution in [0.25, 0.3) is 10.8 Å². The monoisotopic (exact) mass is 376 g/mol. The van der Waals surface area contributed by atoms with Gasteiger partial charge in [-0.05, 0) is 67.8 Å². The topological polar surface area (TPSA) is 58.6 Å². The Morgan fingerprint density at radius 3 is 2.36 bits per heavy atom. The Morgan fingerprint density at radius 2 is 1.75 bits per heavy atom. The predicted octanol–water partition coefficient (Wildman–Crippen LogP) is 4.76. The fraction of sp³-hybridized carbons (Fsp3) is 0.217. The first-order valence-corrected chi connectivity index (χ1v) is 9.33. The van der Waals surface area contributed by atoms with Crippen molar-refractivity contribution in [2.24, 2.45) is 0 Å². The van der Waals surface area contributed by atoms with E-state index in [4.69, 9.17) is 4.74 Å². The third kappa shape index (κ3) is 3.98. The number of rotatable bonds is 7. The van der Waals surface area contributed by atoms with E-state index >= 15 is 0 Å². The fourth-order valence-corrected chi connectivity index (χ4v) is 3.25. The number of hydrogen-bond acceptors (Lipinski definition) is 4. The van der Waals surface area contributed by atoms with Crippen molar-refractivity contribution in [1.29, 1.82) is 0 Å². The van der Waals surface area contributed by atoms with Crippen molar-refractivity contribution in [3.63, 3.8) is 0 Å². The first-order valence-electron chi connectivity index (χ1n) is 9.33. The molecule has 0 radical (unpaired) electrons. The van der Waals surface area contributed by atoms with Crippen molar-refractivity contribution in [3.8, 4) is 5.75 Å². The molecule has 3 aromatic carbocycles. The van der Waals surface area contributed by atoms with Gasteiger partial charge in [-0.15, -0.1) is 0 Å². The Bertz CT molecular complexity index is 993. The van der Waals surface area contributed by atoms with Crippen molar-refractivity contribution in [2.75, 3.05) is 30.4 Å².